The van der Waals surface area contributed by atoms with E-state index in [0.29, 0.717) is 24.7 Å². The lowest BCUT2D eigenvalue weighted by Gasteiger charge is -2.25. The molecule has 6 nitrogen and oxygen atoms in total. The molecule has 0 spiro atoms. The number of ketones is 1. The highest BCUT2D eigenvalue weighted by molar-refractivity contribution is 7.89. The summed E-state index contributed by atoms with van der Waals surface area (Å²) in [5.74, 6) is 1.14. The summed E-state index contributed by atoms with van der Waals surface area (Å²) < 4.78 is 37.5. The number of fused-ring (bicyclic) bond motifs is 1. The average Bonchev–Trinajstić information content (AvgIpc) is 2.72. The summed E-state index contributed by atoms with van der Waals surface area (Å²) in [6.07, 6.45) is 1.33. The first-order valence-corrected chi connectivity index (χ1v) is 8.43. The highest BCUT2D eigenvalue weighted by atomic mass is 32.2. The number of nitrogens with zero attached hydrogens (tertiary/aromatic N) is 1. The highest BCUT2D eigenvalue weighted by Gasteiger charge is 2.29. The molecular weight excluding hydrogens is 294 g/mol. The van der Waals surface area contributed by atoms with Gasteiger partial charge in [-0.1, -0.05) is 0 Å². The van der Waals surface area contributed by atoms with Gasteiger partial charge in [-0.05, 0) is 12.1 Å². The van der Waals surface area contributed by atoms with Crippen LogP contribution in [0.1, 0.15) is 19.3 Å². The third-order valence-corrected chi connectivity index (χ3v) is 5.53. The topological polar surface area (TPSA) is 72.9 Å². The molecule has 0 aromatic heterocycles. The van der Waals surface area contributed by atoms with E-state index in [9.17, 15) is 13.2 Å². The summed E-state index contributed by atoms with van der Waals surface area (Å²) in [6, 6.07) is 4.66. The Morgan fingerprint density at radius 2 is 1.67 bits per heavy atom. The molecule has 21 heavy (non-hydrogen) atoms. The lowest BCUT2D eigenvalue weighted by molar-refractivity contribution is -0.120. The van der Waals surface area contributed by atoms with Crippen LogP contribution in [-0.2, 0) is 14.8 Å². The molecule has 114 valence electrons. The van der Waals surface area contributed by atoms with Crippen molar-refractivity contribution in [3.63, 3.8) is 0 Å². The van der Waals surface area contributed by atoms with Crippen molar-refractivity contribution in [2.45, 2.75) is 24.2 Å². The minimum atomic E-state index is -3.59. The molecule has 1 aromatic carbocycles. The summed E-state index contributed by atoms with van der Waals surface area (Å²) in [5.41, 5.74) is 0. The van der Waals surface area contributed by atoms with Gasteiger partial charge in [0, 0.05) is 38.4 Å². The first kappa shape index (κ1) is 14.3. The van der Waals surface area contributed by atoms with Gasteiger partial charge in [-0.15, -0.1) is 0 Å². The van der Waals surface area contributed by atoms with Crippen molar-refractivity contribution in [3.8, 4) is 11.5 Å². The van der Waals surface area contributed by atoms with Gasteiger partial charge in [0.1, 0.15) is 5.78 Å². The Hall–Kier alpha value is -1.60. The first-order valence-electron chi connectivity index (χ1n) is 6.99. The molecule has 0 unspecified atom stereocenters. The molecule has 0 saturated carbocycles. The number of Topliss-reactive ketones (excluding diaryl/α,β-unsaturated/α-hetero) is 1. The Morgan fingerprint density at radius 3 is 2.38 bits per heavy atom. The van der Waals surface area contributed by atoms with E-state index in [-0.39, 0.29) is 36.6 Å². The number of hydrogen-bond donors (Lipinski definition) is 0. The van der Waals surface area contributed by atoms with Crippen LogP contribution in [-0.4, -0.2) is 44.8 Å². The van der Waals surface area contributed by atoms with E-state index in [2.05, 4.69) is 0 Å². The zero-order valence-electron chi connectivity index (χ0n) is 11.6. The maximum absolute atomic E-state index is 12.6. The molecule has 1 aromatic rings. The second kappa shape index (κ2) is 5.65. The number of hydrogen-bond acceptors (Lipinski definition) is 5. The fourth-order valence-corrected chi connectivity index (χ4v) is 3.89. The second-order valence-electron chi connectivity index (χ2n) is 5.10. The van der Waals surface area contributed by atoms with Crippen molar-refractivity contribution < 1.29 is 22.7 Å². The van der Waals surface area contributed by atoms with E-state index >= 15 is 0 Å². The van der Waals surface area contributed by atoms with Crippen LogP contribution < -0.4 is 9.47 Å². The van der Waals surface area contributed by atoms with Crippen molar-refractivity contribution in [3.05, 3.63) is 18.2 Å². The zero-order chi connectivity index (χ0) is 14.9. The van der Waals surface area contributed by atoms with Crippen LogP contribution in [0.25, 0.3) is 0 Å². The maximum Gasteiger partial charge on any atom is 0.243 e. The van der Waals surface area contributed by atoms with Gasteiger partial charge in [-0.3, -0.25) is 4.79 Å². The molecule has 1 fully saturated rings. The van der Waals surface area contributed by atoms with Crippen molar-refractivity contribution in [1.29, 1.82) is 0 Å². The van der Waals surface area contributed by atoms with E-state index in [1.165, 1.54) is 16.4 Å². The van der Waals surface area contributed by atoms with E-state index in [0.717, 1.165) is 6.42 Å². The number of rotatable bonds is 2. The third-order valence-electron chi connectivity index (χ3n) is 3.64. The van der Waals surface area contributed by atoms with Gasteiger partial charge in [-0.2, -0.15) is 4.31 Å². The number of piperidine rings is 1. The van der Waals surface area contributed by atoms with Gasteiger partial charge in [0.15, 0.2) is 11.5 Å². The Balaban J connectivity index is 1.88. The Morgan fingerprint density at radius 1 is 1.00 bits per heavy atom. The fraction of sp³-hybridized carbons (Fsp3) is 0.500. The van der Waals surface area contributed by atoms with E-state index in [1.807, 2.05) is 0 Å². The molecule has 0 atom stereocenters. The van der Waals surface area contributed by atoms with Crippen molar-refractivity contribution in [2.75, 3.05) is 26.3 Å². The van der Waals surface area contributed by atoms with Gasteiger partial charge in [0.05, 0.1) is 18.1 Å². The number of carbonyl (C=O) groups excluding carboxylic acids is 1. The second-order valence-corrected chi connectivity index (χ2v) is 7.04. The van der Waals surface area contributed by atoms with Crippen LogP contribution in [0, 0.1) is 0 Å². The lowest BCUT2D eigenvalue weighted by atomic mass is 10.1. The maximum atomic E-state index is 12.6. The van der Waals surface area contributed by atoms with Gasteiger partial charge < -0.3 is 9.47 Å². The molecule has 0 amide bonds. The van der Waals surface area contributed by atoms with E-state index < -0.39 is 10.0 Å². The van der Waals surface area contributed by atoms with Crippen LogP contribution in [0.4, 0.5) is 0 Å². The predicted octanol–water partition coefficient (Wildman–Crippen LogP) is 1.20. The molecule has 2 aliphatic heterocycles. The molecule has 0 N–H and O–H groups in total. The van der Waals surface area contributed by atoms with Crippen LogP contribution >= 0.6 is 0 Å². The quantitative estimate of drug-likeness (QED) is 0.820. The normalized spacial score (nSPS) is 20.1. The van der Waals surface area contributed by atoms with Crippen LogP contribution in [0.5, 0.6) is 11.5 Å². The Kier molecular flexibility index (Phi) is 3.86. The van der Waals surface area contributed by atoms with Gasteiger partial charge >= 0.3 is 0 Å². The van der Waals surface area contributed by atoms with E-state index in [1.54, 1.807) is 6.07 Å². The molecule has 3 rings (SSSR count). The molecule has 7 heteroatoms. The Labute approximate surface area is 123 Å². The summed E-state index contributed by atoms with van der Waals surface area (Å²) >= 11 is 0. The molecule has 2 aliphatic rings. The SMILES string of the molecule is O=C1CCN(S(=O)(=O)c2ccc3c(c2)OCCCO3)CC1. The summed E-state index contributed by atoms with van der Waals surface area (Å²) in [4.78, 5) is 11.4. The minimum absolute atomic E-state index is 0.111. The van der Waals surface area contributed by atoms with Gasteiger partial charge in [-0.25, -0.2) is 8.42 Å². The molecule has 0 bridgehead atoms. The molecule has 2 heterocycles. The average molecular weight is 311 g/mol. The van der Waals surface area contributed by atoms with Crippen LogP contribution in [0.3, 0.4) is 0 Å². The third kappa shape index (κ3) is 2.89. The molecule has 0 aliphatic carbocycles. The summed E-state index contributed by atoms with van der Waals surface area (Å²) in [7, 11) is -3.59. The van der Waals surface area contributed by atoms with Crippen molar-refractivity contribution in [1.82, 2.24) is 4.31 Å². The molecule has 0 radical (unpaired) electrons. The summed E-state index contributed by atoms with van der Waals surface area (Å²) in [6.45, 7) is 1.56. The minimum Gasteiger partial charge on any atom is -0.490 e. The van der Waals surface area contributed by atoms with Gasteiger partial charge in [0.2, 0.25) is 10.0 Å². The zero-order valence-corrected chi connectivity index (χ0v) is 12.4. The number of ether oxygens (including phenoxy) is 2. The van der Waals surface area contributed by atoms with Crippen LogP contribution in [0.15, 0.2) is 23.1 Å². The first-order chi connectivity index (χ1) is 10.1. The standard InChI is InChI=1S/C14H17NO5S/c16-11-4-6-15(7-5-11)21(17,18)12-2-3-13-14(10-12)20-9-1-8-19-13/h2-3,10H,1,4-9H2. The van der Waals surface area contributed by atoms with Gasteiger partial charge in [0.25, 0.3) is 0 Å². The molecular formula is C14H17NO5S. The van der Waals surface area contributed by atoms with E-state index in [4.69, 9.17) is 9.47 Å². The number of sulfonamides is 1. The Bertz CT molecular complexity index is 645. The predicted molar refractivity (Wildman–Crippen MR) is 75.0 cm³/mol. The molecule has 1 saturated heterocycles. The fourth-order valence-electron chi connectivity index (χ4n) is 2.43. The van der Waals surface area contributed by atoms with Crippen molar-refractivity contribution >= 4 is 15.8 Å². The lowest BCUT2D eigenvalue weighted by Crippen LogP contribution is -2.38. The van der Waals surface area contributed by atoms with Crippen LogP contribution in [0.2, 0.25) is 0 Å². The smallest absolute Gasteiger partial charge is 0.243 e. The number of carbonyl (C=O) groups is 1. The summed E-state index contributed by atoms with van der Waals surface area (Å²) in [5, 5.41) is 0. The van der Waals surface area contributed by atoms with Crippen molar-refractivity contribution in [2.24, 2.45) is 0 Å². The largest absolute Gasteiger partial charge is 0.490 e. The number of benzene rings is 1. The monoisotopic (exact) mass is 311 g/mol. The highest BCUT2D eigenvalue weighted by Crippen LogP contribution is 2.33.